The van der Waals surface area contributed by atoms with Crippen LogP contribution >= 0.6 is 23.2 Å². The predicted molar refractivity (Wildman–Crippen MR) is 94.9 cm³/mol. The van der Waals surface area contributed by atoms with Gasteiger partial charge in [-0.1, -0.05) is 23.2 Å². The lowest BCUT2D eigenvalue weighted by molar-refractivity contribution is -0.0396. The third-order valence-electron chi connectivity index (χ3n) is 4.81. The van der Waals surface area contributed by atoms with Crippen LogP contribution in [0.3, 0.4) is 0 Å². The van der Waals surface area contributed by atoms with Crippen molar-refractivity contribution in [1.29, 1.82) is 0 Å². The Balaban J connectivity index is 1.79. The molecule has 5 nitrogen and oxygen atoms in total. The summed E-state index contributed by atoms with van der Waals surface area (Å²) in [6.45, 7) is 1.57. The molecule has 3 atom stereocenters. The highest BCUT2D eigenvalue weighted by molar-refractivity contribution is 7.89. The van der Waals surface area contributed by atoms with Gasteiger partial charge in [0.15, 0.2) is 0 Å². The quantitative estimate of drug-likeness (QED) is 0.857. The average molecular weight is 393 g/mol. The molecule has 1 aromatic carbocycles. The second-order valence-electron chi connectivity index (χ2n) is 6.53. The summed E-state index contributed by atoms with van der Waals surface area (Å²) in [5, 5.41) is 0.547. The maximum absolute atomic E-state index is 13.0. The first kappa shape index (κ1) is 18.4. The van der Waals surface area contributed by atoms with Crippen LogP contribution in [-0.2, 0) is 14.8 Å². The van der Waals surface area contributed by atoms with Crippen molar-refractivity contribution in [1.82, 2.24) is 4.31 Å². The van der Waals surface area contributed by atoms with Crippen molar-refractivity contribution in [3.8, 4) is 0 Å². The van der Waals surface area contributed by atoms with Crippen molar-refractivity contribution in [3.63, 3.8) is 0 Å². The lowest BCUT2D eigenvalue weighted by Gasteiger charge is -2.39. The molecule has 0 amide bonds. The first-order valence-electron chi connectivity index (χ1n) is 8.20. The highest BCUT2D eigenvalue weighted by Gasteiger charge is 2.36. The molecule has 2 aliphatic heterocycles. The van der Waals surface area contributed by atoms with Gasteiger partial charge in [0.2, 0.25) is 10.0 Å². The van der Waals surface area contributed by atoms with Crippen LogP contribution in [0.4, 0.5) is 0 Å². The summed E-state index contributed by atoms with van der Waals surface area (Å²) in [5.41, 5.74) is 6.04. The summed E-state index contributed by atoms with van der Waals surface area (Å²) in [7, 11) is -3.67. The maximum atomic E-state index is 13.0. The van der Waals surface area contributed by atoms with Crippen LogP contribution in [0.25, 0.3) is 0 Å². The zero-order valence-corrected chi connectivity index (χ0v) is 15.7. The molecule has 1 aromatic rings. The third kappa shape index (κ3) is 3.89. The zero-order chi connectivity index (χ0) is 17.3. The Labute approximate surface area is 153 Å². The Morgan fingerprint density at radius 2 is 2.04 bits per heavy atom. The SMILES string of the molecule is NC1CCOC(C2CCCN(S(=O)(=O)c3cc(Cl)ccc3Cl)C2)C1. The number of benzene rings is 1. The summed E-state index contributed by atoms with van der Waals surface area (Å²) in [5.74, 6) is 0.165. The van der Waals surface area contributed by atoms with Gasteiger partial charge in [-0.05, 0) is 49.8 Å². The number of nitrogens with zero attached hydrogens (tertiary/aromatic N) is 1. The number of hydrogen-bond donors (Lipinski definition) is 1. The lowest BCUT2D eigenvalue weighted by Crippen LogP contribution is -2.47. The van der Waals surface area contributed by atoms with Gasteiger partial charge in [-0.2, -0.15) is 4.31 Å². The van der Waals surface area contributed by atoms with E-state index in [1.165, 1.54) is 16.4 Å². The van der Waals surface area contributed by atoms with E-state index >= 15 is 0 Å². The lowest BCUT2D eigenvalue weighted by atomic mass is 9.88. The van der Waals surface area contributed by atoms with E-state index in [9.17, 15) is 8.42 Å². The predicted octanol–water partition coefficient (Wildman–Crippen LogP) is 2.90. The fourth-order valence-electron chi connectivity index (χ4n) is 3.49. The molecule has 24 heavy (non-hydrogen) atoms. The summed E-state index contributed by atoms with van der Waals surface area (Å²) in [4.78, 5) is 0.0681. The van der Waals surface area contributed by atoms with E-state index in [1.54, 1.807) is 6.07 Å². The summed E-state index contributed by atoms with van der Waals surface area (Å²) in [6, 6.07) is 4.65. The van der Waals surface area contributed by atoms with E-state index in [2.05, 4.69) is 0 Å². The van der Waals surface area contributed by atoms with Crippen molar-refractivity contribution < 1.29 is 13.2 Å². The molecule has 3 rings (SSSR count). The van der Waals surface area contributed by atoms with Crippen LogP contribution in [0.15, 0.2) is 23.1 Å². The molecule has 0 bridgehead atoms. The van der Waals surface area contributed by atoms with Crippen molar-refractivity contribution in [2.45, 2.75) is 42.7 Å². The van der Waals surface area contributed by atoms with Gasteiger partial charge in [0.1, 0.15) is 4.90 Å². The largest absolute Gasteiger partial charge is 0.378 e. The Hall–Kier alpha value is -0.370. The number of piperidine rings is 1. The van der Waals surface area contributed by atoms with Crippen LogP contribution in [0.5, 0.6) is 0 Å². The molecule has 3 unspecified atom stereocenters. The van der Waals surface area contributed by atoms with E-state index < -0.39 is 10.0 Å². The van der Waals surface area contributed by atoms with Gasteiger partial charge in [-0.3, -0.25) is 0 Å². The molecule has 0 aliphatic carbocycles. The summed E-state index contributed by atoms with van der Waals surface area (Å²) in [6.07, 6.45) is 3.44. The normalized spacial score (nSPS) is 29.5. The highest BCUT2D eigenvalue weighted by Crippen LogP contribution is 2.33. The molecule has 134 valence electrons. The minimum absolute atomic E-state index is 0.0292. The van der Waals surface area contributed by atoms with Gasteiger partial charge in [-0.15, -0.1) is 0 Å². The number of ether oxygens (including phenoxy) is 1. The first-order chi connectivity index (χ1) is 11.4. The molecular formula is C16H22Cl2N2O3S. The smallest absolute Gasteiger partial charge is 0.244 e. The molecule has 0 spiro atoms. The average Bonchev–Trinajstić information content (AvgIpc) is 2.57. The van der Waals surface area contributed by atoms with E-state index in [1.807, 2.05) is 0 Å². The second-order valence-corrected chi connectivity index (χ2v) is 9.28. The van der Waals surface area contributed by atoms with Crippen LogP contribution in [-0.4, -0.2) is 44.6 Å². The maximum Gasteiger partial charge on any atom is 0.244 e. The van der Waals surface area contributed by atoms with Gasteiger partial charge in [0.05, 0.1) is 11.1 Å². The number of halogens is 2. The van der Waals surface area contributed by atoms with E-state index in [4.69, 9.17) is 33.7 Å². The molecule has 0 radical (unpaired) electrons. The fraction of sp³-hybridized carbons (Fsp3) is 0.625. The van der Waals surface area contributed by atoms with Gasteiger partial charge in [0, 0.05) is 30.8 Å². The van der Waals surface area contributed by atoms with Crippen molar-refractivity contribution in [2.75, 3.05) is 19.7 Å². The number of nitrogens with two attached hydrogens (primary N) is 1. The van der Waals surface area contributed by atoms with Gasteiger partial charge in [0.25, 0.3) is 0 Å². The Morgan fingerprint density at radius 3 is 2.79 bits per heavy atom. The van der Waals surface area contributed by atoms with Crippen LogP contribution in [0, 0.1) is 5.92 Å². The number of rotatable bonds is 3. The topological polar surface area (TPSA) is 72.6 Å². The molecule has 2 N–H and O–H groups in total. The molecule has 2 aliphatic rings. The Bertz CT molecular complexity index is 699. The second kappa shape index (κ2) is 7.48. The number of hydrogen-bond acceptors (Lipinski definition) is 4. The third-order valence-corrected chi connectivity index (χ3v) is 7.39. The minimum atomic E-state index is -3.67. The first-order valence-corrected chi connectivity index (χ1v) is 10.4. The molecule has 8 heteroatoms. The summed E-state index contributed by atoms with van der Waals surface area (Å²) < 4.78 is 33.3. The Morgan fingerprint density at radius 1 is 1.25 bits per heavy atom. The highest BCUT2D eigenvalue weighted by atomic mass is 35.5. The van der Waals surface area contributed by atoms with Crippen molar-refractivity contribution in [3.05, 3.63) is 28.2 Å². The van der Waals surface area contributed by atoms with Gasteiger partial charge in [-0.25, -0.2) is 8.42 Å². The molecular weight excluding hydrogens is 371 g/mol. The fourth-order valence-corrected chi connectivity index (χ4v) is 5.77. The van der Waals surface area contributed by atoms with Crippen LogP contribution in [0.2, 0.25) is 10.0 Å². The van der Waals surface area contributed by atoms with Crippen molar-refractivity contribution >= 4 is 33.2 Å². The van der Waals surface area contributed by atoms with E-state index in [-0.39, 0.29) is 28.0 Å². The van der Waals surface area contributed by atoms with Gasteiger partial charge < -0.3 is 10.5 Å². The van der Waals surface area contributed by atoms with E-state index in [0.717, 1.165) is 25.7 Å². The van der Waals surface area contributed by atoms with Crippen molar-refractivity contribution in [2.24, 2.45) is 11.7 Å². The molecule has 0 aromatic heterocycles. The molecule has 2 fully saturated rings. The standard InChI is InChI=1S/C16H22Cl2N2O3S/c17-12-3-4-14(18)16(8-12)24(21,22)20-6-1-2-11(10-20)15-9-13(19)5-7-23-15/h3-4,8,11,13,15H,1-2,5-7,9-10,19H2. The molecule has 2 heterocycles. The Kier molecular flexibility index (Phi) is 5.74. The van der Waals surface area contributed by atoms with Gasteiger partial charge >= 0.3 is 0 Å². The number of sulfonamides is 1. The minimum Gasteiger partial charge on any atom is -0.378 e. The zero-order valence-electron chi connectivity index (χ0n) is 13.3. The van der Waals surface area contributed by atoms with Crippen LogP contribution in [0.1, 0.15) is 25.7 Å². The molecule has 0 saturated carbocycles. The van der Waals surface area contributed by atoms with Crippen LogP contribution < -0.4 is 5.73 Å². The monoisotopic (exact) mass is 392 g/mol. The summed E-state index contributed by atoms with van der Waals surface area (Å²) >= 11 is 12.1. The molecule has 2 saturated heterocycles. The van der Waals surface area contributed by atoms with E-state index in [0.29, 0.717) is 24.7 Å².